The van der Waals surface area contributed by atoms with Gasteiger partial charge in [0.25, 0.3) is 0 Å². The van der Waals surface area contributed by atoms with E-state index in [9.17, 15) is 0 Å². The van der Waals surface area contributed by atoms with E-state index < -0.39 is 0 Å². The van der Waals surface area contributed by atoms with Gasteiger partial charge in [0.1, 0.15) is 4.99 Å². The Labute approximate surface area is 123 Å². The molecule has 2 rings (SSSR count). The van der Waals surface area contributed by atoms with E-state index in [0.29, 0.717) is 10.0 Å². The Morgan fingerprint density at radius 3 is 2.32 bits per heavy atom. The Hall–Kier alpha value is -1.58. The summed E-state index contributed by atoms with van der Waals surface area (Å²) in [4.78, 5) is 2.39. The number of nitrogens with zero attached hydrogens (tertiary/aromatic N) is 1. The van der Waals surface area contributed by atoms with Gasteiger partial charge in [-0.1, -0.05) is 41.5 Å². The average Bonchev–Trinajstić information content (AvgIpc) is 2.38. The maximum absolute atomic E-state index is 6.29. The van der Waals surface area contributed by atoms with Crippen LogP contribution in [0.4, 0.5) is 11.4 Å². The summed E-state index contributed by atoms with van der Waals surface area (Å²) in [6.45, 7) is 2.06. The summed E-state index contributed by atoms with van der Waals surface area (Å²) in [5, 5.41) is 0.633. The molecule has 0 aliphatic heterocycles. The van der Waals surface area contributed by atoms with Crippen LogP contribution in [0.2, 0.25) is 5.02 Å². The fourth-order valence-electron chi connectivity index (χ4n) is 1.84. The van der Waals surface area contributed by atoms with Gasteiger partial charge in [-0.25, -0.2) is 0 Å². The lowest BCUT2D eigenvalue weighted by molar-refractivity contribution is 1.20. The molecule has 0 bridgehead atoms. The summed E-state index contributed by atoms with van der Waals surface area (Å²) < 4.78 is 0. The van der Waals surface area contributed by atoms with Crippen molar-refractivity contribution in [3.63, 3.8) is 0 Å². The zero-order valence-electron chi connectivity index (χ0n) is 10.9. The minimum absolute atomic E-state index is 0.353. The lowest BCUT2D eigenvalue weighted by Crippen LogP contribution is -2.12. The molecule has 0 heterocycles. The zero-order chi connectivity index (χ0) is 14.0. The molecule has 0 aromatic heterocycles. The monoisotopic (exact) mass is 290 g/mol. The van der Waals surface area contributed by atoms with Crippen LogP contribution in [0, 0.1) is 6.92 Å². The summed E-state index contributed by atoms with van der Waals surface area (Å²) >= 11 is 11.2. The Kier molecular flexibility index (Phi) is 4.08. The highest BCUT2D eigenvalue weighted by atomic mass is 35.5. The molecular formula is C15H15ClN2S. The third-order valence-electron chi connectivity index (χ3n) is 3.01. The van der Waals surface area contributed by atoms with Crippen LogP contribution in [0.1, 0.15) is 11.1 Å². The van der Waals surface area contributed by atoms with E-state index in [2.05, 4.69) is 31.2 Å². The molecule has 2 aromatic rings. The average molecular weight is 291 g/mol. The molecule has 0 saturated carbocycles. The molecule has 0 aliphatic carbocycles. The molecule has 19 heavy (non-hydrogen) atoms. The lowest BCUT2D eigenvalue weighted by atomic mass is 10.1. The number of hydrogen-bond acceptors (Lipinski definition) is 2. The van der Waals surface area contributed by atoms with Crippen LogP contribution in [0.15, 0.2) is 42.5 Å². The molecule has 4 heteroatoms. The van der Waals surface area contributed by atoms with Crippen molar-refractivity contribution in [2.45, 2.75) is 6.92 Å². The van der Waals surface area contributed by atoms with Crippen LogP contribution in [0.3, 0.4) is 0 Å². The smallest absolute Gasteiger partial charge is 0.104 e. The summed E-state index contributed by atoms with van der Waals surface area (Å²) in [6, 6.07) is 13.9. The van der Waals surface area contributed by atoms with Crippen LogP contribution in [0.25, 0.3) is 0 Å². The molecule has 0 spiro atoms. The van der Waals surface area contributed by atoms with Crippen molar-refractivity contribution in [1.29, 1.82) is 0 Å². The molecular weight excluding hydrogens is 276 g/mol. The van der Waals surface area contributed by atoms with Gasteiger partial charge in [-0.2, -0.15) is 0 Å². The van der Waals surface area contributed by atoms with Gasteiger partial charge in [-0.3, -0.25) is 0 Å². The second-order valence-corrected chi connectivity index (χ2v) is 5.27. The second-order valence-electron chi connectivity index (χ2n) is 4.43. The first kappa shape index (κ1) is 13.8. The number of hydrogen-bond donors (Lipinski definition) is 1. The maximum Gasteiger partial charge on any atom is 0.104 e. The van der Waals surface area contributed by atoms with Crippen molar-refractivity contribution >= 4 is 40.2 Å². The fraction of sp³-hybridized carbons (Fsp3) is 0.133. The van der Waals surface area contributed by atoms with Gasteiger partial charge in [-0.15, -0.1) is 0 Å². The van der Waals surface area contributed by atoms with Crippen LogP contribution in [0.5, 0.6) is 0 Å². The van der Waals surface area contributed by atoms with Crippen molar-refractivity contribution in [3.8, 4) is 0 Å². The van der Waals surface area contributed by atoms with Crippen molar-refractivity contribution in [2.24, 2.45) is 5.73 Å². The van der Waals surface area contributed by atoms with E-state index >= 15 is 0 Å². The largest absolute Gasteiger partial charge is 0.389 e. The number of aryl methyl sites for hydroxylation is 1. The fourth-order valence-corrected chi connectivity index (χ4v) is 2.27. The lowest BCUT2D eigenvalue weighted by Gasteiger charge is -2.21. The van der Waals surface area contributed by atoms with E-state index in [1.54, 1.807) is 6.07 Å². The summed E-state index contributed by atoms with van der Waals surface area (Å²) in [5.74, 6) is 0. The molecule has 0 aliphatic rings. The van der Waals surface area contributed by atoms with Gasteiger partial charge in [-0.05, 0) is 37.3 Å². The summed E-state index contributed by atoms with van der Waals surface area (Å²) in [7, 11) is 1.98. The first-order valence-electron chi connectivity index (χ1n) is 5.89. The van der Waals surface area contributed by atoms with Gasteiger partial charge < -0.3 is 10.6 Å². The molecule has 2 nitrogen and oxygen atoms in total. The second kappa shape index (κ2) is 5.59. The van der Waals surface area contributed by atoms with Crippen molar-refractivity contribution < 1.29 is 0 Å². The van der Waals surface area contributed by atoms with Crippen LogP contribution >= 0.6 is 23.8 Å². The normalized spacial score (nSPS) is 10.3. The predicted molar refractivity (Wildman–Crippen MR) is 86.6 cm³/mol. The Bertz CT molecular complexity index is 608. The van der Waals surface area contributed by atoms with E-state index in [0.717, 1.165) is 16.9 Å². The SMILES string of the molecule is Cc1ccc(N(C)c2ccc(C(N)=S)cc2Cl)cc1. The highest BCUT2D eigenvalue weighted by molar-refractivity contribution is 7.80. The standard InChI is InChI=1S/C15H15ClN2S/c1-10-3-6-12(7-4-10)18(2)14-8-5-11(15(17)19)9-13(14)16/h3-9H,1-2H3,(H2,17,19). The van der Waals surface area contributed by atoms with E-state index in [-0.39, 0.29) is 0 Å². The highest BCUT2D eigenvalue weighted by Gasteiger charge is 2.09. The number of nitrogens with two attached hydrogens (primary N) is 1. The number of rotatable bonds is 3. The maximum atomic E-state index is 6.29. The minimum Gasteiger partial charge on any atom is -0.389 e. The third kappa shape index (κ3) is 3.06. The number of anilines is 2. The number of thiocarbonyl (C=S) groups is 1. The van der Waals surface area contributed by atoms with Gasteiger partial charge >= 0.3 is 0 Å². The molecule has 98 valence electrons. The van der Waals surface area contributed by atoms with Crippen LogP contribution < -0.4 is 10.6 Å². The molecule has 0 amide bonds. The van der Waals surface area contributed by atoms with Crippen LogP contribution in [-0.4, -0.2) is 12.0 Å². The Balaban J connectivity index is 2.36. The van der Waals surface area contributed by atoms with Gasteiger partial charge in [0.05, 0.1) is 10.7 Å². The van der Waals surface area contributed by atoms with E-state index in [4.69, 9.17) is 29.6 Å². The Morgan fingerprint density at radius 2 is 1.79 bits per heavy atom. The molecule has 2 N–H and O–H groups in total. The third-order valence-corrected chi connectivity index (χ3v) is 3.55. The van der Waals surface area contributed by atoms with Crippen molar-refractivity contribution in [1.82, 2.24) is 0 Å². The minimum atomic E-state index is 0.353. The van der Waals surface area contributed by atoms with Crippen molar-refractivity contribution in [3.05, 3.63) is 58.6 Å². The van der Waals surface area contributed by atoms with Crippen molar-refractivity contribution in [2.75, 3.05) is 11.9 Å². The molecule has 0 atom stereocenters. The predicted octanol–water partition coefficient (Wildman–Crippen LogP) is 4.05. The van der Waals surface area contributed by atoms with Crippen LogP contribution in [-0.2, 0) is 0 Å². The van der Waals surface area contributed by atoms with Gasteiger partial charge in [0.2, 0.25) is 0 Å². The molecule has 0 saturated heterocycles. The summed E-state index contributed by atoms with van der Waals surface area (Å²) in [6.07, 6.45) is 0. The first-order valence-corrected chi connectivity index (χ1v) is 6.67. The molecule has 0 unspecified atom stereocenters. The molecule has 0 radical (unpaired) electrons. The van der Waals surface area contributed by atoms with Gasteiger partial charge in [0, 0.05) is 18.3 Å². The van der Waals surface area contributed by atoms with Gasteiger partial charge in [0.15, 0.2) is 0 Å². The number of benzene rings is 2. The molecule has 0 fully saturated rings. The molecule has 2 aromatic carbocycles. The highest BCUT2D eigenvalue weighted by Crippen LogP contribution is 2.31. The Morgan fingerprint density at radius 1 is 1.16 bits per heavy atom. The topological polar surface area (TPSA) is 29.3 Å². The zero-order valence-corrected chi connectivity index (χ0v) is 12.4. The van der Waals surface area contributed by atoms with E-state index in [1.165, 1.54) is 5.56 Å². The van der Waals surface area contributed by atoms with E-state index in [1.807, 2.05) is 24.1 Å². The number of halogens is 1. The first-order chi connectivity index (χ1) is 8.99. The summed E-state index contributed by atoms with van der Waals surface area (Å²) in [5.41, 5.74) is 9.60. The quantitative estimate of drug-likeness (QED) is 0.865.